The Bertz CT molecular complexity index is 1840. The Hall–Kier alpha value is -4.41. The molecule has 11 heteroatoms. The summed E-state index contributed by atoms with van der Waals surface area (Å²) in [4.78, 5) is 39.5. The molecule has 1 atom stereocenters. The van der Waals surface area contributed by atoms with E-state index in [0.717, 1.165) is 17.5 Å². The van der Waals surface area contributed by atoms with E-state index in [2.05, 4.69) is 5.32 Å². The van der Waals surface area contributed by atoms with Crippen molar-refractivity contribution in [3.8, 4) is 22.9 Å². The van der Waals surface area contributed by atoms with Gasteiger partial charge in [-0.3, -0.25) is 14.2 Å². The lowest BCUT2D eigenvalue weighted by molar-refractivity contribution is -0.122. The Balaban J connectivity index is 1.39. The van der Waals surface area contributed by atoms with Crippen LogP contribution in [0.2, 0.25) is 5.02 Å². The van der Waals surface area contributed by atoms with Crippen molar-refractivity contribution in [1.82, 2.24) is 19.9 Å². The number of amides is 1. The second kappa shape index (κ2) is 12.4. The lowest BCUT2D eigenvalue weighted by Gasteiger charge is -2.23. The zero-order valence-corrected chi connectivity index (χ0v) is 25.3. The number of carbonyl (C=O) groups is 1. The molecule has 3 heterocycles. The van der Waals surface area contributed by atoms with E-state index in [1.807, 2.05) is 65.6 Å². The fourth-order valence-electron chi connectivity index (χ4n) is 5.34. The molecule has 1 saturated heterocycles. The highest BCUT2D eigenvalue weighted by atomic mass is 35.5. The summed E-state index contributed by atoms with van der Waals surface area (Å²) in [6.07, 6.45) is 1.55. The Labute approximate surface area is 257 Å². The highest BCUT2D eigenvalue weighted by molar-refractivity contribution is 7.21. The molecule has 2 aromatic heterocycles. The molecule has 9 nitrogen and oxygen atoms in total. The lowest BCUT2D eigenvalue weighted by Crippen LogP contribution is -2.43. The number of nitrogens with one attached hydrogen (secondary N) is 1. The van der Waals surface area contributed by atoms with Gasteiger partial charge in [0.2, 0.25) is 5.91 Å². The highest BCUT2D eigenvalue weighted by Crippen LogP contribution is 2.35. The Morgan fingerprint density at radius 2 is 1.84 bits per heavy atom. The zero-order chi connectivity index (χ0) is 29.9. The van der Waals surface area contributed by atoms with Crippen molar-refractivity contribution in [3.05, 3.63) is 99.3 Å². The second-order valence-electron chi connectivity index (χ2n) is 10.2. The number of hydrogen-bond donors (Lipinski definition) is 1. The first kappa shape index (κ1) is 28.7. The molecule has 1 N–H and O–H groups in total. The number of rotatable bonds is 9. The summed E-state index contributed by atoms with van der Waals surface area (Å²) in [5.74, 6) is 1.59. The minimum Gasteiger partial charge on any atom is -0.497 e. The van der Waals surface area contributed by atoms with Gasteiger partial charge in [-0.2, -0.15) is 0 Å². The van der Waals surface area contributed by atoms with E-state index < -0.39 is 0 Å². The number of nitrogens with zero attached hydrogens (tertiary/aromatic N) is 4. The van der Waals surface area contributed by atoms with E-state index in [4.69, 9.17) is 31.0 Å². The first-order chi connectivity index (χ1) is 21.0. The van der Waals surface area contributed by atoms with Crippen molar-refractivity contribution in [2.45, 2.75) is 32.0 Å². The van der Waals surface area contributed by atoms with Gasteiger partial charge < -0.3 is 19.7 Å². The van der Waals surface area contributed by atoms with E-state index in [-0.39, 0.29) is 29.6 Å². The lowest BCUT2D eigenvalue weighted by atomic mass is 10.1. The molecule has 3 aromatic carbocycles. The number of thiazole rings is 1. The van der Waals surface area contributed by atoms with Crippen LogP contribution >= 0.6 is 22.9 Å². The van der Waals surface area contributed by atoms with Gasteiger partial charge >= 0.3 is 0 Å². The van der Waals surface area contributed by atoms with Gasteiger partial charge in [0.15, 0.2) is 15.5 Å². The third-order valence-electron chi connectivity index (χ3n) is 7.56. The van der Waals surface area contributed by atoms with Gasteiger partial charge in [0.05, 0.1) is 25.8 Å². The Morgan fingerprint density at radius 1 is 1.05 bits per heavy atom. The molecule has 1 aliphatic rings. The normalized spacial score (nSPS) is 14.7. The van der Waals surface area contributed by atoms with Gasteiger partial charge in [-0.05, 0) is 42.7 Å². The van der Waals surface area contributed by atoms with Gasteiger partial charge in [0.25, 0.3) is 5.56 Å². The molecule has 0 bridgehead atoms. The minimum absolute atomic E-state index is 0.0608. The van der Waals surface area contributed by atoms with E-state index in [0.29, 0.717) is 57.4 Å². The number of ether oxygens (including phenoxy) is 2. The molecule has 1 fully saturated rings. The summed E-state index contributed by atoms with van der Waals surface area (Å²) in [6.45, 7) is 1.29. The number of carbonyl (C=O) groups excluding carboxylic acids is 1. The van der Waals surface area contributed by atoms with Crippen LogP contribution in [-0.2, 0) is 17.9 Å². The molecule has 43 heavy (non-hydrogen) atoms. The zero-order valence-electron chi connectivity index (χ0n) is 23.7. The van der Waals surface area contributed by atoms with Crippen LogP contribution in [0.5, 0.6) is 11.5 Å². The Morgan fingerprint density at radius 3 is 2.60 bits per heavy atom. The topological polar surface area (TPSA) is 98.6 Å². The summed E-state index contributed by atoms with van der Waals surface area (Å²) in [6, 6.07) is 22.2. The van der Waals surface area contributed by atoms with Crippen LogP contribution in [0.3, 0.4) is 0 Å². The number of fused-ring (bicyclic) bond motifs is 1. The number of hydrogen-bond acceptors (Lipinski definition) is 8. The molecule has 5 aromatic rings. The summed E-state index contributed by atoms with van der Waals surface area (Å²) >= 11 is 7.92. The summed E-state index contributed by atoms with van der Waals surface area (Å²) < 4.78 is 12.5. The number of benzene rings is 3. The quantitative estimate of drug-likeness (QED) is 0.233. The molecule has 6 rings (SSSR count). The fourth-order valence-corrected chi connectivity index (χ4v) is 6.57. The Kier molecular flexibility index (Phi) is 8.31. The van der Waals surface area contributed by atoms with Crippen molar-refractivity contribution in [1.29, 1.82) is 0 Å². The predicted octanol–water partition coefficient (Wildman–Crippen LogP) is 5.52. The van der Waals surface area contributed by atoms with Crippen molar-refractivity contribution in [2.24, 2.45) is 0 Å². The maximum Gasteiger partial charge on any atom is 0.281 e. The van der Waals surface area contributed by atoms with E-state index in [1.165, 1.54) is 11.3 Å². The van der Waals surface area contributed by atoms with Crippen LogP contribution in [0.25, 0.3) is 21.7 Å². The predicted molar refractivity (Wildman–Crippen MR) is 169 cm³/mol. The van der Waals surface area contributed by atoms with Crippen LogP contribution < -0.4 is 25.2 Å². The molecule has 1 amide bonds. The summed E-state index contributed by atoms with van der Waals surface area (Å²) in [7, 11) is 3.16. The number of methoxy groups -OCH3 is 2. The molecule has 0 unspecified atom stereocenters. The number of aromatic nitrogens is 3. The molecular formula is C32H30ClN5O4S. The molecule has 1 aliphatic heterocycles. The molecule has 0 aliphatic carbocycles. The van der Waals surface area contributed by atoms with E-state index in [1.54, 1.807) is 30.9 Å². The SMILES string of the molecule is COc1ccc(Cn2c(-c3ccccc3Cl)nc3sc(N4CCC[C@@H]4C(=O)NCc4ccccc4)nc3c2=O)c(OC)c1. The second-order valence-corrected chi connectivity index (χ2v) is 11.6. The van der Waals surface area contributed by atoms with Crippen LogP contribution in [0.1, 0.15) is 24.0 Å². The largest absolute Gasteiger partial charge is 0.497 e. The first-order valence-corrected chi connectivity index (χ1v) is 15.1. The maximum absolute atomic E-state index is 14.1. The van der Waals surface area contributed by atoms with Crippen molar-refractivity contribution in [3.63, 3.8) is 0 Å². The van der Waals surface area contributed by atoms with Gasteiger partial charge in [0.1, 0.15) is 23.4 Å². The molecule has 0 spiro atoms. The highest BCUT2D eigenvalue weighted by Gasteiger charge is 2.33. The smallest absolute Gasteiger partial charge is 0.281 e. The summed E-state index contributed by atoms with van der Waals surface area (Å²) in [5.41, 5.74) is 2.38. The third-order valence-corrected chi connectivity index (χ3v) is 8.87. The van der Waals surface area contributed by atoms with Gasteiger partial charge in [-0.1, -0.05) is 65.4 Å². The minimum atomic E-state index is -0.377. The van der Waals surface area contributed by atoms with Crippen molar-refractivity contribution < 1.29 is 14.3 Å². The average molecular weight is 616 g/mol. The maximum atomic E-state index is 14.1. The van der Waals surface area contributed by atoms with Crippen molar-refractivity contribution in [2.75, 3.05) is 25.7 Å². The van der Waals surface area contributed by atoms with E-state index >= 15 is 0 Å². The van der Waals surface area contributed by atoms with Crippen molar-refractivity contribution >= 4 is 44.3 Å². The van der Waals surface area contributed by atoms with E-state index in [9.17, 15) is 9.59 Å². The molecule has 0 saturated carbocycles. The molecular weight excluding hydrogens is 586 g/mol. The van der Waals surface area contributed by atoms with Crippen LogP contribution in [0, 0.1) is 0 Å². The summed E-state index contributed by atoms with van der Waals surface area (Å²) in [5, 5.41) is 4.13. The monoisotopic (exact) mass is 615 g/mol. The van der Waals surface area contributed by atoms with Crippen LogP contribution in [0.4, 0.5) is 5.13 Å². The van der Waals surface area contributed by atoms with Gasteiger partial charge in [-0.15, -0.1) is 0 Å². The number of anilines is 1. The van der Waals surface area contributed by atoms with Crippen LogP contribution in [-0.4, -0.2) is 47.2 Å². The standard InChI is InChI=1S/C32H30ClN5O4S/c1-41-22-15-14-21(26(17-22)42-2)19-38-28(23-11-6-7-12-24(23)33)36-30-27(31(38)40)35-32(43-30)37-16-8-13-25(37)29(39)34-18-20-9-4-3-5-10-20/h3-7,9-12,14-15,17,25H,8,13,16,18-19H2,1-2H3,(H,34,39)/t25-/m1/s1. The van der Waals surface area contributed by atoms with Crippen LogP contribution in [0.15, 0.2) is 77.6 Å². The third kappa shape index (κ3) is 5.80. The molecule has 0 radical (unpaired) electrons. The van der Waals surface area contributed by atoms with Gasteiger partial charge in [0, 0.05) is 30.3 Å². The molecule has 220 valence electrons. The first-order valence-electron chi connectivity index (χ1n) is 13.9. The number of halogens is 1. The average Bonchev–Trinajstić information content (AvgIpc) is 3.70. The fraction of sp³-hybridized carbons (Fsp3) is 0.250. The van der Waals surface area contributed by atoms with Gasteiger partial charge in [-0.25, -0.2) is 9.97 Å².